The van der Waals surface area contributed by atoms with Crippen molar-refractivity contribution in [3.05, 3.63) is 29.8 Å². The molecule has 5 nitrogen and oxygen atoms in total. The third kappa shape index (κ3) is 5.76. The van der Waals surface area contributed by atoms with Gasteiger partial charge in [-0.25, -0.2) is 0 Å². The van der Waals surface area contributed by atoms with E-state index >= 15 is 0 Å². The number of nitrogens with one attached hydrogen (secondary N) is 1. The molecule has 2 amide bonds. The number of carbonyl (C=O) groups excluding carboxylic acids is 2. The molecule has 1 rings (SSSR count). The summed E-state index contributed by atoms with van der Waals surface area (Å²) >= 11 is 0. The lowest BCUT2D eigenvalue weighted by molar-refractivity contribution is -0.134. The van der Waals surface area contributed by atoms with Crippen LogP contribution in [0.25, 0.3) is 0 Å². The van der Waals surface area contributed by atoms with Crippen LogP contribution in [-0.4, -0.2) is 42.5 Å². The van der Waals surface area contributed by atoms with Gasteiger partial charge in [-0.1, -0.05) is 12.1 Å². The molecule has 5 heteroatoms. The lowest BCUT2D eigenvalue weighted by atomic mass is 10.1. The predicted octanol–water partition coefficient (Wildman–Crippen LogP) is 2.00. The lowest BCUT2D eigenvalue weighted by Crippen LogP contribution is -2.48. The first-order valence-corrected chi connectivity index (χ1v) is 7.42. The van der Waals surface area contributed by atoms with Crippen LogP contribution in [0.2, 0.25) is 0 Å². The van der Waals surface area contributed by atoms with Gasteiger partial charge in [-0.3, -0.25) is 9.59 Å². The molecule has 1 aromatic rings. The second-order valence-corrected chi connectivity index (χ2v) is 6.22. The number of nitrogens with zero attached hydrogens (tertiary/aromatic N) is 1. The van der Waals surface area contributed by atoms with Crippen molar-refractivity contribution in [2.24, 2.45) is 0 Å². The Kier molecular flexibility index (Phi) is 6.40. The van der Waals surface area contributed by atoms with E-state index in [2.05, 4.69) is 5.32 Å². The van der Waals surface area contributed by atoms with E-state index < -0.39 is 0 Å². The summed E-state index contributed by atoms with van der Waals surface area (Å²) in [6.45, 7) is 8.44. The number of benzene rings is 1. The van der Waals surface area contributed by atoms with Crippen LogP contribution in [0.15, 0.2) is 24.3 Å². The molecule has 0 unspecified atom stereocenters. The van der Waals surface area contributed by atoms with Crippen molar-refractivity contribution in [3.63, 3.8) is 0 Å². The molecule has 0 spiro atoms. The highest BCUT2D eigenvalue weighted by atomic mass is 16.5. The Balaban J connectivity index is 2.43. The normalized spacial score (nSPS) is 11.0. The molecule has 122 valence electrons. The standard InChI is InChI=1S/C17H26N2O3/c1-13(20)19(17(2,3)4)11-10-18-16(21)12-14-6-8-15(22-5)9-7-14/h6-9H,10-12H2,1-5H3,(H,18,21). The summed E-state index contributed by atoms with van der Waals surface area (Å²) in [7, 11) is 1.61. The second kappa shape index (κ2) is 7.82. The molecule has 0 heterocycles. The number of methoxy groups -OCH3 is 1. The zero-order valence-corrected chi connectivity index (χ0v) is 14.1. The summed E-state index contributed by atoms with van der Waals surface area (Å²) in [5.74, 6) is 0.728. The molecule has 0 aliphatic rings. The lowest BCUT2D eigenvalue weighted by Gasteiger charge is -2.35. The molecule has 1 N–H and O–H groups in total. The first-order chi connectivity index (χ1) is 10.2. The molecule has 0 aromatic heterocycles. The highest BCUT2D eigenvalue weighted by Crippen LogP contribution is 2.13. The quantitative estimate of drug-likeness (QED) is 0.874. The van der Waals surface area contributed by atoms with Crippen LogP contribution in [0.1, 0.15) is 33.3 Å². The summed E-state index contributed by atoms with van der Waals surface area (Å²) in [6.07, 6.45) is 0.319. The van der Waals surface area contributed by atoms with Crippen LogP contribution in [0, 0.1) is 0 Å². The molecule has 0 fully saturated rings. The third-order valence-electron chi connectivity index (χ3n) is 3.37. The van der Waals surface area contributed by atoms with E-state index in [0.717, 1.165) is 11.3 Å². The fourth-order valence-electron chi connectivity index (χ4n) is 2.26. The smallest absolute Gasteiger partial charge is 0.224 e. The molecular weight excluding hydrogens is 280 g/mol. The van der Waals surface area contributed by atoms with Crippen LogP contribution in [-0.2, 0) is 16.0 Å². The summed E-state index contributed by atoms with van der Waals surface area (Å²) in [5.41, 5.74) is 0.685. The highest BCUT2D eigenvalue weighted by Gasteiger charge is 2.23. The van der Waals surface area contributed by atoms with E-state index in [9.17, 15) is 9.59 Å². The minimum absolute atomic E-state index is 0.0110. The van der Waals surface area contributed by atoms with E-state index in [1.165, 1.54) is 0 Å². The molecule has 0 saturated carbocycles. The van der Waals surface area contributed by atoms with Crippen molar-refractivity contribution in [2.75, 3.05) is 20.2 Å². The van der Waals surface area contributed by atoms with Crippen molar-refractivity contribution < 1.29 is 14.3 Å². The van der Waals surface area contributed by atoms with Gasteiger partial charge in [0, 0.05) is 25.6 Å². The van der Waals surface area contributed by atoms with Gasteiger partial charge < -0.3 is 15.0 Å². The highest BCUT2D eigenvalue weighted by molar-refractivity contribution is 5.78. The summed E-state index contributed by atoms with van der Waals surface area (Å²) in [4.78, 5) is 25.3. The maximum absolute atomic E-state index is 11.9. The Morgan fingerprint density at radius 3 is 2.23 bits per heavy atom. The van der Waals surface area contributed by atoms with Crippen LogP contribution in [0.4, 0.5) is 0 Å². The Labute approximate surface area is 132 Å². The van der Waals surface area contributed by atoms with Crippen molar-refractivity contribution in [1.82, 2.24) is 10.2 Å². The second-order valence-electron chi connectivity index (χ2n) is 6.22. The average Bonchev–Trinajstić information content (AvgIpc) is 2.42. The maximum Gasteiger partial charge on any atom is 0.224 e. The minimum Gasteiger partial charge on any atom is -0.497 e. The average molecular weight is 306 g/mol. The number of carbonyl (C=O) groups is 2. The largest absolute Gasteiger partial charge is 0.497 e. The van der Waals surface area contributed by atoms with Gasteiger partial charge in [0.05, 0.1) is 13.5 Å². The molecule has 22 heavy (non-hydrogen) atoms. The van der Waals surface area contributed by atoms with Crippen LogP contribution >= 0.6 is 0 Å². The first-order valence-electron chi connectivity index (χ1n) is 7.42. The zero-order valence-electron chi connectivity index (χ0n) is 14.1. The maximum atomic E-state index is 11.9. The molecule has 0 atom stereocenters. The van der Waals surface area contributed by atoms with Crippen LogP contribution in [0.5, 0.6) is 5.75 Å². The molecule has 0 radical (unpaired) electrons. The Bertz CT molecular complexity index is 504. The Morgan fingerprint density at radius 2 is 1.77 bits per heavy atom. The SMILES string of the molecule is COc1ccc(CC(=O)NCCN(C(C)=O)C(C)(C)C)cc1. The van der Waals surface area contributed by atoms with E-state index in [4.69, 9.17) is 4.74 Å². The Hall–Kier alpha value is -2.04. The fourth-order valence-corrected chi connectivity index (χ4v) is 2.26. The van der Waals surface area contributed by atoms with Gasteiger partial charge in [-0.15, -0.1) is 0 Å². The molecule has 1 aromatic carbocycles. The molecular formula is C17H26N2O3. The van der Waals surface area contributed by atoms with E-state index in [1.54, 1.807) is 18.9 Å². The van der Waals surface area contributed by atoms with Gasteiger partial charge in [0.1, 0.15) is 5.75 Å². The molecule has 0 bridgehead atoms. The topological polar surface area (TPSA) is 58.6 Å². The van der Waals surface area contributed by atoms with Crippen molar-refractivity contribution >= 4 is 11.8 Å². The van der Waals surface area contributed by atoms with E-state index in [0.29, 0.717) is 19.5 Å². The van der Waals surface area contributed by atoms with Gasteiger partial charge in [-0.05, 0) is 38.5 Å². The number of hydrogen-bond acceptors (Lipinski definition) is 3. The van der Waals surface area contributed by atoms with E-state index in [1.807, 2.05) is 45.0 Å². The summed E-state index contributed by atoms with van der Waals surface area (Å²) in [6, 6.07) is 7.41. The minimum atomic E-state index is -0.244. The summed E-state index contributed by atoms with van der Waals surface area (Å²) in [5, 5.41) is 2.85. The number of amides is 2. The molecule has 0 aliphatic carbocycles. The first kappa shape index (κ1) is 18.0. The fraction of sp³-hybridized carbons (Fsp3) is 0.529. The monoisotopic (exact) mass is 306 g/mol. The van der Waals surface area contributed by atoms with Crippen LogP contribution in [0.3, 0.4) is 0 Å². The Morgan fingerprint density at radius 1 is 1.18 bits per heavy atom. The van der Waals surface area contributed by atoms with E-state index in [-0.39, 0.29) is 17.4 Å². The summed E-state index contributed by atoms with van der Waals surface area (Å²) < 4.78 is 5.08. The molecule has 0 aliphatic heterocycles. The number of ether oxygens (including phenoxy) is 1. The van der Waals surface area contributed by atoms with Gasteiger partial charge in [0.2, 0.25) is 11.8 Å². The zero-order chi connectivity index (χ0) is 16.8. The van der Waals surface area contributed by atoms with Crippen molar-refractivity contribution in [1.29, 1.82) is 0 Å². The molecule has 0 saturated heterocycles. The van der Waals surface area contributed by atoms with Crippen LogP contribution < -0.4 is 10.1 Å². The number of hydrogen-bond donors (Lipinski definition) is 1. The third-order valence-corrected chi connectivity index (χ3v) is 3.37. The number of rotatable bonds is 6. The van der Waals surface area contributed by atoms with Crippen molar-refractivity contribution in [3.8, 4) is 5.75 Å². The van der Waals surface area contributed by atoms with Gasteiger partial charge in [-0.2, -0.15) is 0 Å². The predicted molar refractivity (Wildman–Crippen MR) is 86.8 cm³/mol. The van der Waals surface area contributed by atoms with Crippen molar-refractivity contribution in [2.45, 2.75) is 39.7 Å². The van der Waals surface area contributed by atoms with Gasteiger partial charge in [0.25, 0.3) is 0 Å². The van der Waals surface area contributed by atoms with Gasteiger partial charge in [0.15, 0.2) is 0 Å². The van der Waals surface area contributed by atoms with Gasteiger partial charge >= 0.3 is 0 Å².